The summed E-state index contributed by atoms with van der Waals surface area (Å²) in [4.78, 5) is 25.6. The van der Waals surface area contributed by atoms with Gasteiger partial charge in [0, 0.05) is 17.8 Å². The maximum atomic E-state index is 12.8. The maximum absolute atomic E-state index is 12.8. The van der Waals surface area contributed by atoms with Crippen molar-refractivity contribution >= 4 is 17.6 Å². The van der Waals surface area contributed by atoms with Crippen LogP contribution in [0.4, 0.5) is 18.9 Å². The van der Waals surface area contributed by atoms with Crippen LogP contribution in [0.3, 0.4) is 0 Å². The van der Waals surface area contributed by atoms with E-state index in [1.165, 1.54) is 30.2 Å². The van der Waals surface area contributed by atoms with E-state index in [0.717, 1.165) is 17.7 Å². The van der Waals surface area contributed by atoms with E-state index in [4.69, 9.17) is 0 Å². The molecule has 0 saturated carbocycles. The molecule has 0 saturated heterocycles. The number of benzene rings is 2. The van der Waals surface area contributed by atoms with Crippen molar-refractivity contribution in [1.29, 1.82) is 0 Å². The van der Waals surface area contributed by atoms with Crippen LogP contribution in [0, 0.1) is 0 Å². The molecule has 7 heteroatoms. The standard InChI is InChI=1S/C18H14F3NO3/c1-25-17(24)13-5-6-15-11(9-13)7-8-22(15)16(23)12-3-2-4-14(10-12)18(19,20)21/h2-6,9-10H,7-8H2,1H3. The maximum Gasteiger partial charge on any atom is 0.416 e. The summed E-state index contributed by atoms with van der Waals surface area (Å²) in [6.07, 6.45) is -3.99. The van der Waals surface area contributed by atoms with E-state index in [1.807, 2.05) is 0 Å². The number of nitrogens with zero attached hydrogens (tertiary/aromatic N) is 1. The van der Waals surface area contributed by atoms with E-state index in [9.17, 15) is 22.8 Å². The van der Waals surface area contributed by atoms with Crippen molar-refractivity contribution in [3.8, 4) is 0 Å². The highest BCUT2D eigenvalue weighted by Gasteiger charge is 2.32. The highest BCUT2D eigenvalue weighted by molar-refractivity contribution is 6.07. The molecule has 1 aliphatic rings. The molecule has 0 spiro atoms. The van der Waals surface area contributed by atoms with Crippen molar-refractivity contribution in [1.82, 2.24) is 0 Å². The molecule has 0 unspecified atom stereocenters. The Morgan fingerprint density at radius 2 is 1.84 bits per heavy atom. The van der Waals surface area contributed by atoms with Crippen molar-refractivity contribution in [3.05, 3.63) is 64.7 Å². The number of ether oxygens (including phenoxy) is 1. The summed E-state index contributed by atoms with van der Waals surface area (Å²) in [7, 11) is 1.28. The third kappa shape index (κ3) is 3.22. The number of carbonyl (C=O) groups is 2. The average molecular weight is 349 g/mol. The van der Waals surface area contributed by atoms with Crippen LogP contribution >= 0.6 is 0 Å². The van der Waals surface area contributed by atoms with Crippen LogP contribution in [0.25, 0.3) is 0 Å². The molecular weight excluding hydrogens is 335 g/mol. The van der Waals surface area contributed by atoms with Gasteiger partial charge in [-0.15, -0.1) is 0 Å². The van der Waals surface area contributed by atoms with Crippen LogP contribution in [0.2, 0.25) is 0 Å². The first-order chi connectivity index (χ1) is 11.8. The Balaban J connectivity index is 1.90. The van der Waals surface area contributed by atoms with E-state index in [1.54, 1.807) is 12.1 Å². The second kappa shape index (κ2) is 6.23. The van der Waals surface area contributed by atoms with E-state index in [-0.39, 0.29) is 5.56 Å². The Bertz CT molecular complexity index is 846. The Hall–Kier alpha value is -2.83. The summed E-state index contributed by atoms with van der Waals surface area (Å²) in [5.41, 5.74) is 0.853. The number of amides is 1. The molecule has 0 aromatic heterocycles. The minimum absolute atomic E-state index is 0.0280. The number of alkyl halides is 3. The number of rotatable bonds is 2. The first-order valence-corrected chi connectivity index (χ1v) is 7.51. The first-order valence-electron chi connectivity index (χ1n) is 7.51. The molecule has 1 amide bonds. The van der Waals surface area contributed by atoms with Gasteiger partial charge in [-0.3, -0.25) is 4.79 Å². The fourth-order valence-corrected chi connectivity index (χ4v) is 2.84. The van der Waals surface area contributed by atoms with Gasteiger partial charge in [0.05, 0.1) is 18.2 Å². The monoisotopic (exact) mass is 349 g/mol. The van der Waals surface area contributed by atoms with Gasteiger partial charge < -0.3 is 9.64 Å². The van der Waals surface area contributed by atoms with E-state index in [0.29, 0.717) is 24.2 Å². The molecule has 4 nitrogen and oxygen atoms in total. The summed E-state index contributed by atoms with van der Waals surface area (Å²) in [6.45, 7) is 0.342. The number of hydrogen-bond acceptors (Lipinski definition) is 3. The van der Waals surface area contributed by atoms with Crippen LogP contribution in [-0.4, -0.2) is 25.5 Å². The molecule has 0 atom stereocenters. The third-order valence-corrected chi connectivity index (χ3v) is 4.08. The topological polar surface area (TPSA) is 46.6 Å². The molecule has 2 aromatic rings. The molecule has 0 bridgehead atoms. The lowest BCUT2D eigenvalue weighted by atomic mass is 10.1. The van der Waals surface area contributed by atoms with Gasteiger partial charge in [-0.1, -0.05) is 6.07 Å². The molecular formula is C18H14F3NO3. The highest BCUT2D eigenvalue weighted by atomic mass is 19.4. The fourth-order valence-electron chi connectivity index (χ4n) is 2.84. The Kier molecular flexibility index (Phi) is 4.24. The summed E-state index contributed by atoms with van der Waals surface area (Å²) in [5, 5.41) is 0. The van der Waals surface area contributed by atoms with Crippen molar-refractivity contribution in [2.75, 3.05) is 18.6 Å². The molecule has 2 aromatic carbocycles. The predicted molar refractivity (Wildman–Crippen MR) is 84.6 cm³/mol. The number of halogens is 3. The zero-order valence-corrected chi connectivity index (χ0v) is 13.3. The van der Waals surface area contributed by atoms with Gasteiger partial charge >= 0.3 is 12.1 Å². The highest BCUT2D eigenvalue weighted by Crippen LogP contribution is 2.32. The predicted octanol–water partition coefficient (Wildman–Crippen LogP) is 3.69. The minimum atomic E-state index is -4.51. The van der Waals surface area contributed by atoms with E-state index in [2.05, 4.69) is 4.74 Å². The molecule has 0 radical (unpaired) electrons. The quantitative estimate of drug-likeness (QED) is 0.777. The van der Waals surface area contributed by atoms with Crippen molar-refractivity contribution in [2.45, 2.75) is 12.6 Å². The van der Waals surface area contributed by atoms with Gasteiger partial charge in [0.15, 0.2) is 0 Å². The summed E-state index contributed by atoms with van der Waals surface area (Å²) in [5.74, 6) is -0.985. The largest absolute Gasteiger partial charge is 0.465 e. The van der Waals surface area contributed by atoms with Gasteiger partial charge in [-0.25, -0.2) is 4.79 Å². The van der Waals surface area contributed by atoms with Gasteiger partial charge in [0.1, 0.15) is 0 Å². The lowest BCUT2D eigenvalue weighted by Crippen LogP contribution is -2.29. The number of hydrogen-bond donors (Lipinski definition) is 0. The smallest absolute Gasteiger partial charge is 0.416 e. The van der Waals surface area contributed by atoms with Gasteiger partial charge in [0.2, 0.25) is 0 Å². The minimum Gasteiger partial charge on any atom is -0.465 e. The third-order valence-electron chi connectivity index (χ3n) is 4.08. The molecule has 1 heterocycles. The van der Waals surface area contributed by atoms with Crippen LogP contribution < -0.4 is 4.90 Å². The van der Waals surface area contributed by atoms with Crippen molar-refractivity contribution < 1.29 is 27.5 Å². The zero-order chi connectivity index (χ0) is 18.2. The van der Waals surface area contributed by atoms with Crippen LogP contribution in [0.1, 0.15) is 31.8 Å². The van der Waals surface area contributed by atoms with E-state index < -0.39 is 23.6 Å². The lowest BCUT2D eigenvalue weighted by Gasteiger charge is -2.18. The summed E-state index contributed by atoms with van der Waals surface area (Å²) >= 11 is 0. The number of carbonyl (C=O) groups excluding carboxylic acids is 2. The van der Waals surface area contributed by atoms with Crippen LogP contribution in [0.15, 0.2) is 42.5 Å². The SMILES string of the molecule is COC(=O)c1ccc2c(c1)CCN2C(=O)c1cccc(C(F)(F)F)c1. The number of fused-ring (bicyclic) bond motifs is 1. The van der Waals surface area contributed by atoms with E-state index >= 15 is 0 Å². The van der Waals surface area contributed by atoms with Crippen molar-refractivity contribution in [3.63, 3.8) is 0 Å². The average Bonchev–Trinajstić information content (AvgIpc) is 3.02. The lowest BCUT2D eigenvalue weighted by molar-refractivity contribution is -0.137. The summed E-state index contributed by atoms with van der Waals surface area (Å²) < 4.78 is 43.2. The number of anilines is 1. The molecule has 25 heavy (non-hydrogen) atoms. The molecule has 130 valence electrons. The molecule has 0 fully saturated rings. The normalized spacial score (nSPS) is 13.5. The zero-order valence-electron chi connectivity index (χ0n) is 13.3. The Labute approximate surface area is 141 Å². The molecule has 0 aliphatic carbocycles. The second-order valence-corrected chi connectivity index (χ2v) is 5.62. The Morgan fingerprint density at radius 1 is 1.08 bits per heavy atom. The molecule has 1 aliphatic heterocycles. The summed E-state index contributed by atoms with van der Waals surface area (Å²) in [6, 6.07) is 9.13. The van der Waals surface area contributed by atoms with Gasteiger partial charge in [-0.05, 0) is 48.4 Å². The fraction of sp³-hybridized carbons (Fsp3) is 0.222. The Morgan fingerprint density at radius 3 is 2.52 bits per heavy atom. The van der Waals surface area contributed by atoms with Crippen LogP contribution in [-0.2, 0) is 17.3 Å². The molecule has 3 rings (SSSR count). The van der Waals surface area contributed by atoms with Crippen molar-refractivity contribution in [2.24, 2.45) is 0 Å². The molecule has 0 N–H and O–H groups in total. The first kappa shape index (κ1) is 17.0. The number of methoxy groups -OCH3 is 1. The van der Waals surface area contributed by atoms with Gasteiger partial charge in [0.25, 0.3) is 5.91 Å². The van der Waals surface area contributed by atoms with Gasteiger partial charge in [-0.2, -0.15) is 13.2 Å². The number of esters is 1. The van der Waals surface area contributed by atoms with Crippen LogP contribution in [0.5, 0.6) is 0 Å². The second-order valence-electron chi connectivity index (χ2n) is 5.62.